The minimum absolute atomic E-state index is 0.0911. The first-order chi connectivity index (χ1) is 7.13. The van der Waals surface area contributed by atoms with Gasteiger partial charge in [-0.2, -0.15) is 5.26 Å². The van der Waals surface area contributed by atoms with Crippen molar-refractivity contribution in [3.8, 4) is 11.8 Å². The molecule has 1 aromatic carbocycles. The Bertz CT molecular complexity index is 437. The highest BCUT2D eigenvalue weighted by atomic mass is 79.9. The molecule has 4 nitrogen and oxygen atoms in total. The molecule has 0 amide bonds. The predicted molar refractivity (Wildman–Crippen MR) is 56.8 cm³/mol. The van der Waals surface area contributed by atoms with Gasteiger partial charge in [-0.1, -0.05) is 15.9 Å². The van der Waals surface area contributed by atoms with Crippen LogP contribution in [0.2, 0.25) is 0 Å². The van der Waals surface area contributed by atoms with Crippen LogP contribution in [0.5, 0.6) is 5.75 Å². The molecule has 0 heterocycles. The van der Waals surface area contributed by atoms with Crippen molar-refractivity contribution in [2.24, 2.45) is 0 Å². The highest BCUT2D eigenvalue weighted by Crippen LogP contribution is 2.25. The normalized spacial score (nSPS) is 9.40. The summed E-state index contributed by atoms with van der Waals surface area (Å²) in [4.78, 5) is 11.3. The van der Waals surface area contributed by atoms with Gasteiger partial charge in [0.2, 0.25) is 0 Å². The molecule has 78 valence electrons. The molecule has 15 heavy (non-hydrogen) atoms. The van der Waals surface area contributed by atoms with Gasteiger partial charge in [-0.05, 0) is 17.7 Å². The number of nitrogens with zero attached hydrogens (tertiary/aromatic N) is 1. The van der Waals surface area contributed by atoms with Crippen molar-refractivity contribution in [2.75, 3.05) is 7.11 Å². The fourth-order valence-corrected chi connectivity index (χ4v) is 1.64. The van der Waals surface area contributed by atoms with Crippen LogP contribution in [0.15, 0.2) is 12.1 Å². The average molecular weight is 270 g/mol. The molecule has 5 heteroatoms. The maximum Gasteiger partial charge on any atom is 0.341 e. The Hall–Kier alpha value is -1.54. The van der Waals surface area contributed by atoms with Crippen LogP contribution in [0.4, 0.5) is 0 Å². The lowest BCUT2D eigenvalue weighted by molar-refractivity contribution is 0.0596. The van der Waals surface area contributed by atoms with E-state index < -0.39 is 5.97 Å². The molecule has 0 spiro atoms. The first kappa shape index (κ1) is 11.5. The van der Waals surface area contributed by atoms with Gasteiger partial charge in [0.1, 0.15) is 11.3 Å². The summed E-state index contributed by atoms with van der Waals surface area (Å²) in [5, 5.41) is 18.6. The zero-order valence-electron chi connectivity index (χ0n) is 7.95. The summed E-state index contributed by atoms with van der Waals surface area (Å²) in [7, 11) is 1.23. The van der Waals surface area contributed by atoms with Gasteiger partial charge in [-0.3, -0.25) is 0 Å². The summed E-state index contributed by atoms with van der Waals surface area (Å²) < 4.78 is 4.53. The number of methoxy groups -OCH3 is 1. The van der Waals surface area contributed by atoms with Gasteiger partial charge in [0.25, 0.3) is 0 Å². The molecule has 0 fully saturated rings. The van der Waals surface area contributed by atoms with Crippen LogP contribution in [0.3, 0.4) is 0 Å². The minimum atomic E-state index is -0.619. The first-order valence-corrected chi connectivity index (χ1v) is 5.16. The average Bonchev–Trinajstić information content (AvgIpc) is 2.26. The zero-order chi connectivity index (χ0) is 11.4. The SMILES string of the molecule is COC(=O)c1c(O)cc(C#N)cc1CBr. The van der Waals surface area contributed by atoms with Crippen molar-refractivity contribution >= 4 is 21.9 Å². The zero-order valence-corrected chi connectivity index (χ0v) is 9.54. The Labute approximate surface area is 95.2 Å². The monoisotopic (exact) mass is 269 g/mol. The number of carbonyl (C=O) groups is 1. The Kier molecular flexibility index (Phi) is 3.69. The lowest BCUT2D eigenvalue weighted by Crippen LogP contribution is -2.05. The van der Waals surface area contributed by atoms with E-state index in [9.17, 15) is 9.90 Å². The van der Waals surface area contributed by atoms with Crippen LogP contribution in [0, 0.1) is 11.3 Å². The Morgan fingerprint density at radius 3 is 2.80 bits per heavy atom. The van der Waals surface area contributed by atoms with Gasteiger partial charge in [0.05, 0.1) is 18.7 Å². The number of rotatable bonds is 2. The van der Waals surface area contributed by atoms with Crippen LogP contribution >= 0.6 is 15.9 Å². The first-order valence-electron chi connectivity index (χ1n) is 4.04. The molecule has 1 rings (SSSR count). The number of phenolic OH excluding ortho intramolecular Hbond substituents is 1. The van der Waals surface area contributed by atoms with E-state index in [1.54, 1.807) is 0 Å². The molecule has 0 atom stereocenters. The third-order valence-electron chi connectivity index (χ3n) is 1.86. The van der Waals surface area contributed by atoms with Crippen LogP contribution in [-0.4, -0.2) is 18.2 Å². The Balaban J connectivity index is 3.39. The largest absolute Gasteiger partial charge is 0.507 e. The highest BCUT2D eigenvalue weighted by molar-refractivity contribution is 9.08. The smallest absolute Gasteiger partial charge is 0.341 e. The summed E-state index contributed by atoms with van der Waals surface area (Å²) >= 11 is 3.18. The molecule has 0 aliphatic carbocycles. The molecule has 0 bridgehead atoms. The number of benzene rings is 1. The second-order valence-corrected chi connectivity index (χ2v) is 3.33. The topological polar surface area (TPSA) is 70.3 Å². The van der Waals surface area contributed by atoms with E-state index in [1.807, 2.05) is 6.07 Å². The van der Waals surface area contributed by atoms with E-state index in [4.69, 9.17) is 5.26 Å². The number of halogens is 1. The van der Waals surface area contributed by atoms with Gasteiger partial charge < -0.3 is 9.84 Å². The summed E-state index contributed by atoms with van der Waals surface area (Å²) in [5.41, 5.74) is 0.918. The van der Waals surface area contributed by atoms with Gasteiger partial charge in [0.15, 0.2) is 0 Å². The van der Waals surface area contributed by atoms with E-state index in [-0.39, 0.29) is 11.3 Å². The molecule has 1 N–H and O–H groups in total. The van der Waals surface area contributed by atoms with Gasteiger partial charge >= 0.3 is 5.97 Å². The summed E-state index contributed by atoms with van der Waals surface area (Å²) in [6.45, 7) is 0. The molecule has 1 aromatic rings. The van der Waals surface area contributed by atoms with Crippen molar-refractivity contribution in [1.82, 2.24) is 0 Å². The highest BCUT2D eigenvalue weighted by Gasteiger charge is 2.17. The van der Waals surface area contributed by atoms with Gasteiger partial charge in [-0.15, -0.1) is 0 Å². The molecule has 0 aromatic heterocycles. The molecular formula is C10H8BrNO3. The molecule has 0 radical (unpaired) electrons. The number of hydrogen-bond acceptors (Lipinski definition) is 4. The summed E-state index contributed by atoms with van der Waals surface area (Å²) in [6, 6.07) is 4.66. The summed E-state index contributed by atoms with van der Waals surface area (Å²) in [5.74, 6) is -0.859. The van der Waals surface area contributed by atoms with Crippen molar-refractivity contribution in [3.05, 3.63) is 28.8 Å². The van der Waals surface area contributed by atoms with Gasteiger partial charge in [-0.25, -0.2) is 4.79 Å². The van der Waals surface area contributed by atoms with Crippen LogP contribution in [0.25, 0.3) is 0 Å². The van der Waals surface area contributed by atoms with E-state index in [0.29, 0.717) is 16.5 Å². The van der Waals surface area contributed by atoms with E-state index in [1.165, 1.54) is 19.2 Å². The number of hydrogen-bond donors (Lipinski definition) is 1. The predicted octanol–water partition coefficient (Wildman–Crippen LogP) is 1.95. The lowest BCUT2D eigenvalue weighted by Gasteiger charge is -2.07. The third kappa shape index (κ3) is 2.28. The van der Waals surface area contributed by atoms with Crippen molar-refractivity contribution in [2.45, 2.75) is 5.33 Å². The minimum Gasteiger partial charge on any atom is -0.507 e. The van der Waals surface area contributed by atoms with Crippen molar-refractivity contribution < 1.29 is 14.6 Å². The maximum absolute atomic E-state index is 11.3. The molecule has 0 aliphatic heterocycles. The number of ether oxygens (including phenoxy) is 1. The maximum atomic E-state index is 11.3. The fraction of sp³-hybridized carbons (Fsp3) is 0.200. The third-order valence-corrected chi connectivity index (χ3v) is 2.47. The Morgan fingerprint density at radius 2 is 2.33 bits per heavy atom. The van der Waals surface area contributed by atoms with Crippen LogP contribution in [0.1, 0.15) is 21.5 Å². The van der Waals surface area contributed by atoms with E-state index in [2.05, 4.69) is 20.7 Å². The molecule has 0 saturated heterocycles. The molecular weight excluding hydrogens is 262 g/mol. The summed E-state index contributed by atoms with van der Waals surface area (Å²) in [6.07, 6.45) is 0. The number of aromatic hydroxyl groups is 1. The standard InChI is InChI=1S/C10H8BrNO3/c1-15-10(14)9-7(4-11)2-6(5-12)3-8(9)13/h2-3,13H,4H2,1H3. The molecule has 0 saturated carbocycles. The second kappa shape index (κ2) is 4.80. The molecule has 0 unspecified atom stereocenters. The van der Waals surface area contributed by atoms with Crippen LogP contribution < -0.4 is 0 Å². The number of alkyl halides is 1. The van der Waals surface area contributed by atoms with E-state index in [0.717, 1.165) is 0 Å². The number of phenols is 1. The second-order valence-electron chi connectivity index (χ2n) is 2.77. The van der Waals surface area contributed by atoms with Crippen molar-refractivity contribution in [1.29, 1.82) is 5.26 Å². The van der Waals surface area contributed by atoms with Crippen molar-refractivity contribution in [3.63, 3.8) is 0 Å². The number of nitriles is 1. The van der Waals surface area contributed by atoms with E-state index >= 15 is 0 Å². The number of esters is 1. The Morgan fingerprint density at radius 1 is 1.67 bits per heavy atom. The van der Waals surface area contributed by atoms with Crippen LogP contribution in [-0.2, 0) is 10.1 Å². The quantitative estimate of drug-likeness (QED) is 0.658. The fourth-order valence-electron chi connectivity index (χ4n) is 1.19. The molecule has 0 aliphatic rings. The lowest BCUT2D eigenvalue weighted by atomic mass is 10.0. The van der Waals surface area contributed by atoms with Gasteiger partial charge in [0, 0.05) is 5.33 Å². The number of carbonyl (C=O) groups excluding carboxylic acids is 1.